The molecule has 2 saturated heterocycles. The number of hydrogen-bond acceptors (Lipinski definition) is 7. The van der Waals surface area contributed by atoms with E-state index in [-0.39, 0.29) is 0 Å². The second kappa shape index (κ2) is 10.6. The molecule has 0 amide bonds. The van der Waals surface area contributed by atoms with Crippen LogP contribution in [0.3, 0.4) is 0 Å². The maximum atomic E-state index is 5.89. The minimum absolute atomic E-state index is 0.586. The van der Waals surface area contributed by atoms with Crippen molar-refractivity contribution in [1.29, 1.82) is 0 Å². The first-order valence-electron chi connectivity index (χ1n) is 12.0. The summed E-state index contributed by atoms with van der Waals surface area (Å²) in [6, 6.07) is 19.9. The Morgan fingerprint density at radius 1 is 1.03 bits per heavy atom. The van der Waals surface area contributed by atoms with Gasteiger partial charge in [-0.1, -0.05) is 18.2 Å². The number of para-hydroxylation sites is 1. The summed E-state index contributed by atoms with van der Waals surface area (Å²) in [5.41, 5.74) is 2.25. The van der Waals surface area contributed by atoms with Gasteiger partial charge in [0.05, 0.1) is 12.4 Å². The number of nitrogens with zero attached hydrogens (tertiary/aromatic N) is 4. The molecule has 2 fully saturated rings. The number of ether oxygens (including phenoxy) is 1. The van der Waals surface area contributed by atoms with Gasteiger partial charge in [0.2, 0.25) is 11.8 Å². The molecule has 0 saturated carbocycles. The van der Waals surface area contributed by atoms with Crippen molar-refractivity contribution < 1.29 is 9.15 Å². The first-order chi connectivity index (χ1) is 16.3. The smallest absolute Gasteiger partial charge is 0.247 e. The maximum Gasteiger partial charge on any atom is 0.247 e. The molecule has 3 aromatic rings. The van der Waals surface area contributed by atoms with Crippen LogP contribution in [0.1, 0.15) is 32.1 Å². The average molecular weight is 465 g/mol. The molecule has 0 N–H and O–H groups in total. The van der Waals surface area contributed by atoms with Gasteiger partial charge < -0.3 is 14.1 Å². The van der Waals surface area contributed by atoms with Gasteiger partial charge in [-0.25, -0.2) is 0 Å². The van der Waals surface area contributed by atoms with Crippen LogP contribution >= 0.6 is 11.8 Å². The van der Waals surface area contributed by atoms with E-state index in [9.17, 15) is 0 Å². The van der Waals surface area contributed by atoms with Gasteiger partial charge in [0.15, 0.2) is 0 Å². The van der Waals surface area contributed by atoms with Crippen LogP contribution in [-0.4, -0.2) is 59.2 Å². The van der Waals surface area contributed by atoms with Crippen molar-refractivity contribution in [3.8, 4) is 17.2 Å². The van der Waals surface area contributed by atoms with E-state index in [0.29, 0.717) is 30.2 Å². The molecular weight excluding hydrogens is 432 g/mol. The lowest BCUT2D eigenvalue weighted by molar-refractivity contribution is 0.204. The number of anilines is 1. The molecule has 5 rings (SSSR count). The first-order valence-corrected chi connectivity index (χ1v) is 13.1. The fourth-order valence-electron chi connectivity index (χ4n) is 4.88. The zero-order valence-corrected chi connectivity index (χ0v) is 20.0. The van der Waals surface area contributed by atoms with Crippen molar-refractivity contribution >= 4 is 17.4 Å². The van der Waals surface area contributed by atoms with Crippen molar-refractivity contribution in [2.75, 3.05) is 36.9 Å². The second-order valence-corrected chi connectivity index (χ2v) is 9.98. The molecule has 7 heteroatoms. The first kappa shape index (κ1) is 22.3. The highest BCUT2D eigenvalue weighted by Crippen LogP contribution is 2.29. The molecule has 33 heavy (non-hydrogen) atoms. The molecule has 3 heterocycles. The standard InChI is InChI=1S/C26H32N4O2S/c1-20-6-5-14-30(20)23-13-15-29(18-23)22-11-9-21(10-12-22)26-28-27-25(32-26)19-33-17-16-31-24-7-3-2-4-8-24/h2-4,7-12,20,23H,5-6,13-19H2,1H3. The van der Waals surface area contributed by atoms with Gasteiger partial charge in [-0.3, -0.25) is 4.90 Å². The van der Waals surface area contributed by atoms with Gasteiger partial charge in [-0.05, 0) is 69.1 Å². The van der Waals surface area contributed by atoms with Crippen molar-refractivity contribution in [2.45, 2.75) is 44.0 Å². The van der Waals surface area contributed by atoms with Crippen LogP contribution in [-0.2, 0) is 5.75 Å². The highest BCUT2D eigenvalue weighted by molar-refractivity contribution is 7.98. The molecule has 0 spiro atoms. The Bertz CT molecular complexity index is 1010. The summed E-state index contributed by atoms with van der Waals surface area (Å²) in [5, 5.41) is 8.47. The van der Waals surface area contributed by atoms with Crippen molar-refractivity contribution in [1.82, 2.24) is 15.1 Å². The monoisotopic (exact) mass is 464 g/mol. The molecule has 2 aromatic carbocycles. The molecule has 0 radical (unpaired) electrons. The summed E-state index contributed by atoms with van der Waals surface area (Å²) in [5.74, 6) is 3.70. The minimum Gasteiger partial charge on any atom is -0.493 e. The van der Waals surface area contributed by atoms with Gasteiger partial charge in [0.1, 0.15) is 5.75 Å². The number of benzene rings is 2. The third-order valence-corrected chi connectivity index (χ3v) is 7.55. The number of thioether (sulfide) groups is 1. The number of likely N-dealkylation sites (tertiary alicyclic amines) is 1. The van der Waals surface area contributed by atoms with Crippen LogP contribution in [0, 0.1) is 0 Å². The summed E-state index contributed by atoms with van der Waals surface area (Å²) in [7, 11) is 0. The molecule has 1 aromatic heterocycles. The molecular formula is C26H32N4O2S. The molecule has 0 aliphatic carbocycles. The molecule has 2 aliphatic rings. The van der Waals surface area contributed by atoms with E-state index < -0.39 is 0 Å². The van der Waals surface area contributed by atoms with Crippen LogP contribution in [0.25, 0.3) is 11.5 Å². The fourth-order valence-corrected chi connectivity index (χ4v) is 5.52. The Balaban J connectivity index is 1.09. The Labute approximate surface area is 200 Å². The maximum absolute atomic E-state index is 5.89. The van der Waals surface area contributed by atoms with Crippen molar-refractivity contribution in [3.05, 3.63) is 60.5 Å². The summed E-state index contributed by atoms with van der Waals surface area (Å²) >= 11 is 1.73. The molecule has 2 atom stereocenters. The largest absolute Gasteiger partial charge is 0.493 e. The quantitative estimate of drug-likeness (QED) is 0.408. The summed E-state index contributed by atoms with van der Waals surface area (Å²) in [4.78, 5) is 5.22. The van der Waals surface area contributed by atoms with E-state index in [0.717, 1.165) is 36.2 Å². The van der Waals surface area contributed by atoms with Crippen molar-refractivity contribution in [3.63, 3.8) is 0 Å². The zero-order chi connectivity index (χ0) is 22.5. The number of hydrogen-bond donors (Lipinski definition) is 0. The Kier molecular flexibility index (Phi) is 7.17. The summed E-state index contributed by atoms with van der Waals surface area (Å²) in [6.45, 7) is 6.55. The van der Waals surface area contributed by atoms with Gasteiger partial charge in [0.25, 0.3) is 0 Å². The van der Waals surface area contributed by atoms with Crippen LogP contribution in [0.4, 0.5) is 5.69 Å². The lowest BCUT2D eigenvalue weighted by atomic mass is 10.2. The fraction of sp³-hybridized carbons (Fsp3) is 0.462. The lowest BCUT2D eigenvalue weighted by Gasteiger charge is -2.28. The van der Waals surface area contributed by atoms with Crippen LogP contribution in [0.15, 0.2) is 59.0 Å². The van der Waals surface area contributed by atoms with Gasteiger partial charge in [-0.2, -0.15) is 0 Å². The van der Waals surface area contributed by atoms with E-state index in [1.165, 1.54) is 31.5 Å². The normalized spacial score (nSPS) is 21.1. The van der Waals surface area contributed by atoms with Crippen LogP contribution in [0.2, 0.25) is 0 Å². The van der Waals surface area contributed by atoms with Crippen LogP contribution in [0.5, 0.6) is 5.75 Å². The topological polar surface area (TPSA) is 54.6 Å². The van der Waals surface area contributed by atoms with Crippen LogP contribution < -0.4 is 9.64 Å². The van der Waals surface area contributed by atoms with E-state index in [1.807, 2.05) is 30.3 Å². The molecule has 2 unspecified atom stereocenters. The SMILES string of the molecule is CC1CCCN1C1CCN(c2ccc(-c3nnc(CSCCOc4ccccc4)o3)cc2)C1. The zero-order valence-electron chi connectivity index (χ0n) is 19.2. The summed E-state index contributed by atoms with van der Waals surface area (Å²) < 4.78 is 11.6. The highest BCUT2D eigenvalue weighted by Gasteiger charge is 2.32. The van der Waals surface area contributed by atoms with E-state index in [2.05, 4.69) is 51.2 Å². The Hall–Kier alpha value is -2.51. The number of rotatable bonds is 9. The predicted molar refractivity (Wildman–Crippen MR) is 134 cm³/mol. The predicted octanol–water partition coefficient (Wildman–Crippen LogP) is 5.11. The molecule has 2 aliphatic heterocycles. The van der Waals surface area contributed by atoms with Gasteiger partial charge in [-0.15, -0.1) is 22.0 Å². The third-order valence-electron chi connectivity index (χ3n) is 6.65. The molecule has 6 nitrogen and oxygen atoms in total. The summed E-state index contributed by atoms with van der Waals surface area (Å²) in [6.07, 6.45) is 3.95. The average Bonchev–Trinajstić information content (AvgIpc) is 3.61. The van der Waals surface area contributed by atoms with E-state index >= 15 is 0 Å². The lowest BCUT2D eigenvalue weighted by Crippen LogP contribution is -2.39. The second-order valence-electron chi connectivity index (χ2n) is 8.88. The van der Waals surface area contributed by atoms with Gasteiger partial charge in [0, 0.05) is 42.2 Å². The van der Waals surface area contributed by atoms with Gasteiger partial charge >= 0.3 is 0 Å². The Morgan fingerprint density at radius 2 is 1.88 bits per heavy atom. The van der Waals surface area contributed by atoms with Crippen molar-refractivity contribution in [2.24, 2.45) is 0 Å². The Morgan fingerprint density at radius 3 is 2.67 bits per heavy atom. The number of aromatic nitrogens is 2. The highest BCUT2D eigenvalue weighted by atomic mass is 32.2. The third kappa shape index (κ3) is 5.53. The molecule has 0 bridgehead atoms. The van der Waals surface area contributed by atoms with E-state index in [1.54, 1.807) is 11.8 Å². The molecule has 174 valence electrons. The van der Waals surface area contributed by atoms with E-state index in [4.69, 9.17) is 9.15 Å². The minimum atomic E-state index is 0.586.